The fourth-order valence-electron chi connectivity index (χ4n) is 1.25. The molecule has 0 unspecified atom stereocenters. The largest absolute Gasteiger partial charge is 0.340 e. The average molecular weight is 263 g/mol. The number of thiophene rings is 1. The van der Waals surface area contributed by atoms with Crippen LogP contribution in [0.5, 0.6) is 0 Å². The lowest BCUT2D eigenvalue weighted by Crippen LogP contribution is -2.32. The van der Waals surface area contributed by atoms with Gasteiger partial charge >= 0.3 is 0 Å². The Balaban J connectivity index is 0.00000225. The average Bonchev–Trinajstić information content (AvgIpc) is 2.54. The van der Waals surface area contributed by atoms with Gasteiger partial charge in [-0.2, -0.15) is 0 Å². The second-order valence-electron chi connectivity index (χ2n) is 3.68. The van der Waals surface area contributed by atoms with Crippen LogP contribution in [0.25, 0.3) is 0 Å². The number of likely N-dealkylation sites (N-methyl/N-ethyl adjacent to an activating group) is 2. The molecule has 0 spiro atoms. The summed E-state index contributed by atoms with van der Waals surface area (Å²) >= 11 is 1.57. The summed E-state index contributed by atoms with van der Waals surface area (Å²) < 4.78 is 0. The molecule has 5 heteroatoms. The minimum absolute atomic E-state index is 0. The molecule has 0 fully saturated rings. The minimum atomic E-state index is 0. The van der Waals surface area contributed by atoms with Crippen LogP contribution in [0.15, 0.2) is 6.07 Å². The number of nitrogens with one attached hydrogen (secondary N) is 1. The number of aryl methyl sites for hydroxylation is 2. The van der Waals surface area contributed by atoms with Crippen LogP contribution in [0.3, 0.4) is 0 Å². The Hall–Kier alpha value is -0.580. The zero-order chi connectivity index (χ0) is 11.4. The molecule has 0 aromatic carbocycles. The zero-order valence-electron chi connectivity index (χ0n) is 10.2. The molecular weight excluding hydrogens is 244 g/mol. The number of hydrogen-bond donors (Lipinski definition) is 1. The van der Waals surface area contributed by atoms with Gasteiger partial charge in [0, 0.05) is 25.0 Å². The summed E-state index contributed by atoms with van der Waals surface area (Å²) in [5, 5.41) is 3.03. The van der Waals surface area contributed by atoms with E-state index in [1.54, 1.807) is 16.2 Å². The number of rotatable bonds is 4. The number of carbonyl (C=O) groups excluding carboxylic acids is 1. The number of hydrogen-bond acceptors (Lipinski definition) is 3. The van der Waals surface area contributed by atoms with E-state index in [4.69, 9.17) is 0 Å². The van der Waals surface area contributed by atoms with Gasteiger partial charge in [0.2, 0.25) is 0 Å². The predicted molar refractivity (Wildman–Crippen MR) is 71.9 cm³/mol. The maximum atomic E-state index is 11.9. The van der Waals surface area contributed by atoms with Crippen LogP contribution in [-0.4, -0.2) is 38.0 Å². The van der Waals surface area contributed by atoms with Crippen molar-refractivity contribution in [1.82, 2.24) is 10.2 Å². The van der Waals surface area contributed by atoms with Gasteiger partial charge in [-0.1, -0.05) is 0 Å². The highest BCUT2D eigenvalue weighted by Crippen LogP contribution is 2.21. The van der Waals surface area contributed by atoms with Gasteiger partial charge in [-0.25, -0.2) is 0 Å². The molecule has 0 aliphatic rings. The highest BCUT2D eigenvalue weighted by molar-refractivity contribution is 7.14. The van der Waals surface area contributed by atoms with Crippen molar-refractivity contribution >= 4 is 29.7 Å². The highest BCUT2D eigenvalue weighted by Gasteiger charge is 2.14. The van der Waals surface area contributed by atoms with E-state index < -0.39 is 0 Å². The predicted octanol–water partition coefficient (Wildman–Crippen LogP) is 2.08. The molecule has 0 bridgehead atoms. The summed E-state index contributed by atoms with van der Waals surface area (Å²) in [6.07, 6.45) is 0. The van der Waals surface area contributed by atoms with Crippen molar-refractivity contribution in [3.05, 3.63) is 21.4 Å². The first-order chi connectivity index (χ1) is 7.06. The number of carbonyl (C=O) groups is 1. The third kappa shape index (κ3) is 3.77. The molecule has 1 amide bonds. The van der Waals surface area contributed by atoms with Gasteiger partial charge in [-0.3, -0.25) is 4.79 Å². The Morgan fingerprint density at radius 1 is 1.50 bits per heavy atom. The molecule has 1 aromatic rings. The van der Waals surface area contributed by atoms with E-state index in [-0.39, 0.29) is 18.3 Å². The van der Waals surface area contributed by atoms with Crippen molar-refractivity contribution in [2.24, 2.45) is 0 Å². The summed E-state index contributed by atoms with van der Waals surface area (Å²) in [6, 6.07) is 1.97. The first-order valence-corrected chi connectivity index (χ1v) is 5.85. The molecule has 0 aliphatic carbocycles. The van der Waals surface area contributed by atoms with Gasteiger partial charge < -0.3 is 10.2 Å². The summed E-state index contributed by atoms with van der Waals surface area (Å²) in [5.41, 5.74) is 1.20. The number of amides is 1. The van der Waals surface area contributed by atoms with Crippen LogP contribution in [0, 0.1) is 13.8 Å². The zero-order valence-corrected chi connectivity index (χ0v) is 11.8. The normalized spacial score (nSPS) is 9.75. The second-order valence-corrected chi connectivity index (χ2v) is 4.94. The number of nitrogens with zero attached hydrogens (tertiary/aromatic N) is 1. The van der Waals surface area contributed by atoms with Gasteiger partial charge in [0.25, 0.3) is 5.91 Å². The minimum Gasteiger partial charge on any atom is -0.340 e. The van der Waals surface area contributed by atoms with Crippen LogP contribution in [0.2, 0.25) is 0 Å². The summed E-state index contributed by atoms with van der Waals surface area (Å²) in [4.78, 5) is 15.7. The molecule has 0 saturated carbocycles. The van der Waals surface area contributed by atoms with E-state index in [1.165, 1.54) is 10.4 Å². The molecule has 92 valence electrons. The van der Waals surface area contributed by atoms with E-state index in [0.29, 0.717) is 0 Å². The van der Waals surface area contributed by atoms with Gasteiger partial charge in [-0.15, -0.1) is 23.7 Å². The summed E-state index contributed by atoms with van der Waals surface area (Å²) in [7, 11) is 3.72. The van der Waals surface area contributed by atoms with Crippen molar-refractivity contribution in [3.63, 3.8) is 0 Å². The Morgan fingerprint density at radius 3 is 2.56 bits per heavy atom. The van der Waals surface area contributed by atoms with Gasteiger partial charge in [-0.05, 0) is 32.5 Å². The summed E-state index contributed by atoms with van der Waals surface area (Å²) in [6.45, 7) is 5.65. The van der Waals surface area contributed by atoms with Crippen LogP contribution < -0.4 is 5.32 Å². The Kier molecular flexibility index (Phi) is 6.64. The van der Waals surface area contributed by atoms with Crippen molar-refractivity contribution in [2.45, 2.75) is 13.8 Å². The van der Waals surface area contributed by atoms with Crippen molar-refractivity contribution in [2.75, 3.05) is 27.2 Å². The fourth-order valence-corrected chi connectivity index (χ4v) is 2.28. The third-order valence-corrected chi connectivity index (χ3v) is 3.56. The van der Waals surface area contributed by atoms with E-state index >= 15 is 0 Å². The fraction of sp³-hybridized carbons (Fsp3) is 0.545. The molecule has 1 rings (SSSR count). The molecule has 1 heterocycles. The quantitative estimate of drug-likeness (QED) is 0.901. The standard InChI is InChI=1S/C11H18N2OS.ClH/c1-8-7-10(15-9(8)2)11(14)13(4)6-5-12-3;/h7,12H,5-6H2,1-4H3;1H. The van der Waals surface area contributed by atoms with Crippen molar-refractivity contribution in [1.29, 1.82) is 0 Å². The summed E-state index contributed by atoms with van der Waals surface area (Å²) in [5.74, 6) is 0.117. The van der Waals surface area contributed by atoms with Crippen LogP contribution in [0.4, 0.5) is 0 Å². The number of halogens is 1. The van der Waals surface area contributed by atoms with Crippen molar-refractivity contribution in [3.8, 4) is 0 Å². The maximum absolute atomic E-state index is 11.9. The molecule has 0 aliphatic heterocycles. The maximum Gasteiger partial charge on any atom is 0.263 e. The highest BCUT2D eigenvalue weighted by atomic mass is 35.5. The van der Waals surface area contributed by atoms with E-state index in [9.17, 15) is 4.79 Å². The molecule has 0 atom stereocenters. The second kappa shape index (κ2) is 6.89. The Morgan fingerprint density at radius 2 is 2.12 bits per heavy atom. The Bertz CT molecular complexity index is 332. The SMILES string of the molecule is CNCCN(C)C(=O)c1cc(C)c(C)s1.Cl. The third-order valence-electron chi connectivity index (χ3n) is 2.42. The molecule has 3 nitrogen and oxygen atoms in total. The van der Waals surface area contributed by atoms with E-state index in [0.717, 1.165) is 18.0 Å². The topological polar surface area (TPSA) is 32.3 Å². The molecule has 1 N–H and O–H groups in total. The molecule has 0 radical (unpaired) electrons. The van der Waals surface area contributed by atoms with E-state index in [2.05, 4.69) is 5.32 Å². The van der Waals surface area contributed by atoms with Crippen molar-refractivity contribution < 1.29 is 4.79 Å². The smallest absolute Gasteiger partial charge is 0.263 e. The lowest BCUT2D eigenvalue weighted by molar-refractivity contribution is 0.0801. The van der Waals surface area contributed by atoms with Gasteiger partial charge in [0.15, 0.2) is 0 Å². The first kappa shape index (κ1) is 15.4. The molecular formula is C11H19ClN2OS. The first-order valence-electron chi connectivity index (χ1n) is 5.03. The lowest BCUT2D eigenvalue weighted by Gasteiger charge is -2.15. The Labute approximate surface area is 107 Å². The molecule has 16 heavy (non-hydrogen) atoms. The van der Waals surface area contributed by atoms with Crippen LogP contribution in [-0.2, 0) is 0 Å². The van der Waals surface area contributed by atoms with Gasteiger partial charge in [0.05, 0.1) is 4.88 Å². The van der Waals surface area contributed by atoms with Crippen LogP contribution in [0.1, 0.15) is 20.1 Å². The lowest BCUT2D eigenvalue weighted by atomic mass is 10.3. The van der Waals surface area contributed by atoms with Gasteiger partial charge in [0.1, 0.15) is 0 Å². The van der Waals surface area contributed by atoms with Crippen LogP contribution >= 0.6 is 23.7 Å². The monoisotopic (exact) mass is 262 g/mol. The molecule has 0 saturated heterocycles. The molecule has 1 aromatic heterocycles. The van der Waals surface area contributed by atoms with E-state index in [1.807, 2.05) is 34.0 Å².